The number of benzene rings is 1. The van der Waals surface area contributed by atoms with Gasteiger partial charge in [0, 0.05) is 18.0 Å². The van der Waals surface area contributed by atoms with Gasteiger partial charge < -0.3 is 14.8 Å². The van der Waals surface area contributed by atoms with Gasteiger partial charge in [0.2, 0.25) is 0 Å². The molecular formula is C15H14N4O2. The van der Waals surface area contributed by atoms with Crippen LogP contribution in [0.25, 0.3) is 11.0 Å². The summed E-state index contributed by atoms with van der Waals surface area (Å²) in [5.74, 6) is 2.02. The van der Waals surface area contributed by atoms with Gasteiger partial charge in [-0.1, -0.05) is 0 Å². The van der Waals surface area contributed by atoms with E-state index in [0.717, 1.165) is 11.1 Å². The lowest BCUT2D eigenvalue weighted by molar-refractivity contribution is 0.355. The standard InChI is InChI=1S/C15H14N4O2/c1-20-12-6-5-10(8-13(12)21-2)19-15-11-4-3-7-16-14(11)17-9-18-15/h3-9H,1-2H3,(H,16,17,18,19). The Balaban J connectivity index is 1.99. The molecule has 0 bridgehead atoms. The van der Waals surface area contributed by atoms with Crippen molar-refractivity contribution in [3.05, 3.63) is 42.9 Å². The number of pyridine rings is 1. The third-order valence-corrected chi connectivity index (χ3v) is 3.05. The number of methoxy groups -OCH3 is 2. The van der Waals surface area contributed by atoms with Gasteiger partial charge in [-0.3, -0.25) is 0 Å². The summed E-state index contributed by atoms with van der Waals surface area (Å²) in [6.07, 6.45) is 3.19. The molecular weight excluding hydrogens is 268 g/mol. The lowest BCUT2D eigenvalue weighted by Crippen LogP contribution is -1.98. The lowest BCUT2D eigenvalue weighted by atomic mass is 10.2. The Morgan fingerprint density at radius 3 is 2.62 bits per heavy atom. The van der Waals surface area contributed by atoms with Crippen molar-refractivity contribution in [2.75, 3.05) is 19.5 Å². The zero-order valence-electron chi connectivity index (χ0n) is 11.7. The van der Waals surface area contributed by atoms with Gasteiger partial charge in [0.1, 0.15) is 12.1 Å². The van der Waals surface area contributed by atoms with Crippen molar-refractivity contribution in [1.82, 2.24) is 15.0 Å². The largest absolute Gasteiger partial charge is 0.493 e. The van der Waals surface area contributed by atoms with E-state index >= 15 is 0 Å². The van der Waals surface area contributed by atoms with Crippen LogP contribution in [-0.4, -0.2) is 29.2 Å². The second-order valence-electron chi connectivity index (χ2n) is 4.29. The van der Waals surface area contributed by atoms with Crippen LogP contribution in [0.5, 0.6) is 11.5 Å². The quantitative estimate of drug-likeness (QED) is 0.793. The normalized spacial score (nSPS) is 10.4. The first-order valence-electron chi connectivity index (χ1n) is 6.36. The monoisotopic (exact) mass is 282 g/mol. The van der Waals surface area contributed by atoms with E-state index in [1.807, 2.05) is 30.3 Å². The molecule has 0 fully saturated rings. The van der Waals surface area contributed by atoms with E-state index in [9.17, 15) is 0 Å². The highest BCUT2D eigenvalue weighted by Gasteiger charge is 2.07. The molecule has 6 nitrogen and oxygen atoms in total. The fraction of sp³-hybridized carbons (Fsp3) is 0.133. The van der Waals surface area contributed by atoms with Gasteiger partial charge in [0.15, 0.2) is 17.1 Å². The summed E-state index contributed by atoms with van der Waals surface area (Å²) in [5, 5.41) is 4.10. The molecule has 0 unspecified atom stereocenters. The van der Waals surface area contributed by atoms with Gasteiger partial charge in [-0.05, 0) is 24.3 Å². The van der Waals surface area contributed by atoms with Gasteiger partial charge in [-0.25, -0.2) is 15.0 Å². The third-order valence-electron chi connectivity index (χ3n) is 3.05. The van der Waals surface area contributed by atoms with Crippen molar-refractivity contribution >= 4 is 22.5 Å². The van der Waals surface area contributed by atoms with E-state index in [0.29, 0.717) is 23.0 Å². The molecule has 2 aromatic heterocycles. The molecule has 21 heavy (non-hydrogen) atoms. The Bertz CT molecular complexity index is 771. The first-order chi connectivity index (χ1) is 10.3. The van der Waals surface area contributed by atoms with E-state index in [4.69, 9.17) is 9.47 Å². The number of nitrogens with zero attached hydrogens (tertiary/aromatic N) is 3. The van der Waals surface area contributed by atoms with Gasteiger partial charge in [-0.2, -0.15) is 0 Å². The molecule has 0 aliphatic heterocycles. The van der Waals surface area contributed by atoms with Crippen molar-refractivity contribution < 1.29 is 9.47 Å². The number of ether oxygens (including phenoxy) is 2. The first kappa shape index (κ1) is 13.1. The van der Waals surface area contributed by atoms with Crippen LogP contribution in [0.15, 0.2) is 42.9 Å². The first-order valence-corrected chi connectivity index (χ1v) is 6.36. The summed E-state index contributed by atoms with van der Waals surface area (Å²) in [6, 6.07) is 9.36. The Kier molecular flexibility index (Phi) is 3.51. The lowest BCUT2D eigenvalue weighted by Gasteiger charge is -2.11. The van der Waals surface area contributed by atoms with Crippen molar-refractivity contribution in [1.29, 1.82) is 0 Å². The molecule has 0 spiro atoms. The third kappa shape index (κ3) is 2.55. The Hall–Kier alpha value is -2.89. The highest BCUT2D eigenvalue weighted by atomic mass is 16.5. The van der Waals surface area contributed by atoms with E-state index in [1.165, 1.54) is 6.33 Å². The summed E-state index contributed by atoms with van der Waals surface area (Å²) >= 11 is 0. The Labute approximate surface area is 121 Å². The van der Waals surface area contributed by atoms with Gasteiger partial charge in [0.05, 0.1) is 19.6 Å². The number of rotatable bonds is 4. The minimum absolute atomic E-state index is 0.649. The molecule has 0 radical (unpaired) electrons. The Morgan fingerprint density at radius 1 is 0.952 bits per heavy atom. The van der Waals surface area contributed by atoms with Gasteiger partial charge in [0.25, 0.3) is 0 Å². The minimum atomic E-state index is 0.649. The number of hydrogen-bond donors (Lipinski definition) is 1. The maximum absolute atomic E-state index is 5.29. The summed E-state index contributed by atoms with van der Waals surface area (Å²) in [6.45, 7) is 0. The zero-order valence-corrected chi connectivity index (χ0v) is 11.7. The van der Waals surface area contributed by atoms with E-state index < -0.39 is 0 Å². The van der Waals surface area contributed by atoms with Gasteiger partial charge >= 0.3 is 0 Å². The molecule has 1 aromatic carbocycles. The topological polar surface area (TPSA) is 69.2 Å². The molecule has 0 amide bonds. The zero-order chi connectivity index (χ0) is 14.7. The van der Waals surface area contributed by atoms with Crippen LogP contribution >= 0.6 is 0 Å². The molecule has 1 N–H and O–H groups in total. The number of nitrogens with one attached hydrogen (secondary N) is 1. The van der Waals surface area contributed by atoms with Gasteiger partial charge in [-0.15, -0.1) is 0 Å². The fourth-order valence-electron chi connectivity index (χ4n) is 2.05. The molecule has 0 aliphatic rings. The van der Waals surface area contributed by atoms with Crippen molar-refractivity contribution in [3.8, 4) is 11.5 Å². The predicted molar refractivity (Wildman–Crippen MR) is 80.2 cm³/mol. The molecule has 0 saturated carbocycles. The summed E-state index contributed by atoms with van der Waals surface area (Å²) in [7, 11) is 3.21. The molecule has 3 aromatic rings. The van der Waals surface area contributed by atoms with Crippen molar-refractivity contribution in [2.45, 2.75) is 0 Å². The summed E-state index contributed by atoms with van der Waals surface area (Å²) in [5.41, 5.74) is 1.49. The highest BCUT2D eigenvalue weighted by molar-refractivity contribution is 5.88. The van der Waals surface area contributed by atoms with E-state index in [1.54, 1.807) is 20.4 Å². The molecule has 106 valence electrons. The molecule has 6 heteroatoms. The number of anilines is 2. The van der Waals surface area contributed by atoms with Crippen molar-refractivity contribution in [3.63, 3.8) is 0 Å². The molecule has 3 rings (SSSR count). The predicted octanol–water partition coefficient (Wildman–Crippen LogP) is 2.79. The molecule has 0 saturated heterocycles. The number of hydrogen-bond acceptors (Lipinski definition) is 6. The highest BCUT2D eigenvalue weighted by Crippen LogP contribution is 2.31. The van der Waals surface area contributed by atoms with E-state index in [2.05, 4.69) is 20.3 Å². The van der Waals surface area contributed by atoms with Crippen LogP contribution < -0.4 is 14.8 Å². The smallest absolute Gasteiger partial charge is 0.164 e. The SMILES string of the molecule is COc1ccc(Nc2ncnc3ncccc23)cc1OC. The summed E-state index contributed by atoms with van der Waals surface area (Å²) < 4.78 is 10.5. The fourth-order valence-corrected chi connectivity index (χ4v) is 2.05. The second-order valence-corrected chi connectivity index (χ2v) is 4.29. The van der Waals surface area contributed by atoms with E-state index in [-0.39, 0.29) is 0 Å². The van der Waals surface area contributed by atoms with Crippen LogP contribution in [-0.2, 0) is 0 Å². The summed E-state index contributed by atoms with van der Waals surface area (Å²) in [4.78, 5) is 12.6. The van der Waals surface area contributed by atoms with Crippen LogP contribution in [0.2, 0.25) is 0 Å². The van der Waals surface area contributed by atoms with Crippen molar-refractivity contribution in [2.24, 2.45) is 0 Å². The second kappa shape index (κ2) is 5.62. The maximum atomic E-state index is 5.29. The molecule has 2 heterocycles. The molecule has 0 aliphatic carbocycles. The maximum Gasteiger partial charge on any atom is 0.164 e. The minimum Gasteiger partial charge on any atom is -0.493 e. The van der Waals surface area contributed by atoms with Crippen LogP contribution in [0, 0.1) is 0 Å². The average molecular weight is 282 g/mol. The number of aromatic nitrogens is 3. The average Bonchev–Trinajstić information content (AvgIpc) is 2.55. The molecule has 0 atom stereocenters. The van der Waals surface area contributed by atoms with Crippen LogP contribution in [0.4, 0.5) is 11.5 Å². The number of fused-ring (bicyclic) bond motifs is 1. The Morgan fingerprint density at radius 2 is 1.81 bits per heavy atom. The van der Waals surface area contributed by atoms with Crippen LogP contribution in [0.1, 0.15) is 0 Å². The van der Waals surface area contributed by atoms with Crippen LogP contribution in [0.3, 0.4) is 0 Å².